The van der Waals surface area contributed by atoms with E-state index in [4.69, 9.17) is 0 Å². The lowest BCUT2D eigenvalue weighted by Gasteiger charge is -2.13. The van der Waals surface area contributed by atoms with Gasteiger partial charge in [-0.15, -0.1) is 0 Å². The van der Waals surface area contributed by atoms with Crippen molar-refractivity contribution in [2.75, 3.05) is 0 Å². The van der Waals surface area contributed by atoms with Crippen LogP contribution in [-0.4, -0.2) is 18.3 Å². The van der Waals surface area contributed by atoms with E-state index in [2.05, 4.69) is 365 Å². The third-order valence-corrected chi connectivity index (χ3v) is 17.5. The molecule has 4 nitrogen and oxygen atoms in total. The summed E-state index contributed by atoms with van der Waals surface area (Å²) >= 11 is 0. The van der Waals surface area contributed by atoms with E-state index in [1.54, 1.807) is 0 Å². The molecule has 4 aromatic heterocycles. The van der Waals surface area contributed by atoms with Gasteiger partial charge in [0, 0.05) is 65.8 Å². The maximum Gasteiger partial charge on any atom is 0.0575 e. The fourth-order valence-electron chi connectivity index (χ4n) is 13.1. The smallest absolute Gasteiger partial charge is 0.0575 e. The highest BCUT2D eigenvalue weighted by Crippen LogP contribution is 2.40. The average Bonchev–Trinajstić information content (AvgIpc) is 2.12. The molecule has 0 bridgehead atoms. The molecule has 0 atom stereocenters. The van der Waals surface area contributed by atoms with Gasteiger partial charge in [-0.05, 0) is 143 Å². The van der Waals surface area contributed by atoms with Crippen molar-refractivity contribution < 1.29 is 0 Å². The van der Waals surface area contributed by atoms with Crippen LogP contribution < -0.4 is 0 Å². The molecule has 0 aliphatic carbocycles. The fraction of sp³-hybridized carbons (Fsp3) is 0.143. The van der Waals surface area contributed by atoms with Gasteiger partial charge in [-0.2, -0.15) is 0 Å². The Labute approximate surface area is 517 Å². The van der Waals surface area contributed by atoms with Crippen molar-refractivity contribution in [3.8, 4) is 22.7 Å². The van der Waals surface area contributed by atoms with Gasteiger partial charge in [0.15, 0.2) is 0 Å². The molecule has 0 saturated heterocycles. The highest BCUT2D eigenvalue weighted by Gasteiger charge is 2.19. The molecule has 12 aromatic carbocycles. The summed E-state index contributed by atoms with van der Waals surface area (Å²) in [5.41, 5.74) is 20.7. The van der Waals surface area contributed by atoms with E-state index in [1.807, 2.05) is 0 Å². The lowest BCUT2D eigenvalue weighted by Crippen LogP contribution is -1.97. The molecular weight excluding hydrogens is 1060 g/mol. The maximum absolute atomic E-state index is 2.40. The summed E-state index contributed by atoms with van der Waals surface area (Å²) in [4.78, 5) is 0. The highest BCUT2D eigenvalue weighted by molar-refractivity contribution is 6.13. The molecule has 4 heterocycles. The largest absolute Gasteiger partial charge is 0.309 e. The summed E-state index contributed by atoms with van der Waals surface area (Å²) in [6.07, 6.45) is 0. The molecule has 0 N–H and O–H groups in total. The van der Waals surface area contributed by atoms with Gasteiger partial charge in [0.25, 0.3) is 0 Å². The number of benzene rings is 12. The van der Waals surface area contributed by atoms with Crippen molar-refractivity contribution in [3.05, 3.63) is 313 Å². The summed E-state index contributed by atoms with van der Waals surface area (Å²) in [5, 5.41) is 10.7. The Morgan fingerprint density at radius 1 is 0.205 bits per heavy atom. The second-order valence-electron chi connectivity index (χ2n) is 24.4. The van der Waals surface area contributed by atoms with E-state index in [9.17, 15) is 0 Å². The zero-order chi connectivity index (χ0) is 60.4. The number of para-hydroxylation sites is 9. The first-order chi connectivity index (χ1) is 43.0. The third kappa shape index (κ3) is 10.6. The van der Waals surface area contributed by atoms with Gasteiger partial charge in [0.1, 0.15) is 0 Å². The van der Waals surface area contributed by atoms with Crippen LogP contribution in [0.2, 0.25) is 0 Å². The minimum absolute atomic E-state index is 0.496. The molecule has 4 heteroatoms. The Kier molecular flexibility index (Phi) is 16.0. The normalized spacial score (nSPS) is 11.6. The summed E-state index contributed by atoms with van der Waals surface area (Å²) < 4.78 is 9.50. The van der Waals surface area contributed by atoms with Crippen LogP contribution in [0.15, 0.2) is 291 Å². The summed E-state index contributed by atoms with van der Waals surface area (Å²) in [6, 6.07) is 104. The van der Waals surface area contributed by atoms with Crippen molar-refractivity contribution >= 4 is 87.2 Å². The van der Waals surface area contributed by atoms with E-state index in [-0.39, 0.29) is 0 Å². The quantitative estimate of drug-likeness (QED) is 0.144. The molecule has 16 rings (SSSR count). The van der Waals surface area contributed by atoms with Gasteiger partial charge in [-0.1, -0.05) is 250 Å². The van der Waals surface area contributed by atoms with E-state index in [1.165, 1.54) is 132 Å². The van der Waals surface area contributed by atoms with Crippen LogP contribution in [0.25, 0.3) is 110 Å². The van der Waals surface area contributed by atoms with Gasteiger partial charge >= 0.3 is 0 Å². The Bertz CT molecular complexity index is 5010. The van der Waals surface area contributed by atoms with Crippen LogP contribution in [0.3, 0.4) is 0 Å². The van der Waals surface area contributed by atoms with Crippen LogP contribution in [0, 0.1) is 0 Å². The van der Waals surface area contributed by atoms with Crippen molar-refractivity contribution in [2.45, 2.75) is 79.1 Å². The van der Waals surface area contributed by atoms with Gasteiger partial charge in [0.05, 0.1) is 44.1 Å². The van der Waals surface area contributed by atoms with E-state index in [0.29, 0.717) is 23.7 Å². The van der Waals surface area contributed by atoms with Gasteiger partial charge in [0.2, 0.25) is 0 Å². The second-order valence-corrected chi connectivity index (χ2v) is 24.4. The molecule has 0 aliphatic rings. The Balaban J connectivity index is 0.000000108. The molecule has 0 radical (unpaired) electrons. The average molecular weight is 1140 g/mol. The van der Waals surface area contributed by atoms with Crippen LogP contribution in [0.5, 0.6) is 0 Å². The van der Waals surface area contributed by atoms with Crippen LogP contribution in [0.4, 0.5) is 0 Å². The topological polar surface area (TPSA) is 19.7 Å². The summed E-state index contributed by atoms with van der Waals surface area (Å²) in [7, 11) is 0. The number of fused-ring (bicyclic) bond motifs is 12. The number of hydrogen-bond acceptors (Lipinski definition) is 0. The molecule has 432 valence electrons. The van der Waals surface area contributed by atoms with Gasteiger partial charge in [-0.25, -0.2) is 0 Å². The van der Waals surface area contributed by atoms with E-state index >= 15 is 0 Å². The first-order valence-corrected chi connectivity index (χ1v) is 31.4. The highest BCUT2D eigenvalue weighted by atomic mass is 15.0. The molecule has 16 aromatic rings. The minimum atomic E-state index is 0.496. The SMILES string of the molecule is CC(C)c1ccc2c(c1)c1ccccc1n2-c1ccccc1.CC(C)c1ccc2c3ccccc3n(-c3ccccc3)c2c1.CC(C)c1cccc2c1c1ccccc1n2-c1ccccc1.CC(C)c1cccc2c3ccccc3n(-c3ccccc3)c12. The predicted molar refractivity (Wildman–Crippen MR) is 379 cm³/mol. The lowest BCUT2D eigenvalue weighted by molar-refractivity contribution is 0.868. The molecule has 0 fully saturated rings. The third-order valence-electron chi connectivity index (χ3n) is 17.5. The number of aromatic nitrogens is 4. The predicted octanol–water partition coefficient (Wildman–Crippen LogP) is 23.6. The first kappa shape index (κ1) is 56.9. The standard InChI is InChI=1S/4C21H19N/c1-15(2)17-12-8-13-19-18-11-6-7-14-20(18)22(21(17)19)16-9-4-3-5-10-16;1-15(2)17-12-8-14-20-21(17)18-11-6-7-13-19(18)22(20)16-9-4-3-5-10-16;1-15(2)16-12-13-21-19(14-16)18-10-6-7-11-20(18)22(21)17-8-4-3-5-9-17;1-15(2)16-12-13-19-18-10-6-7-11-20(18)22(21(19)14-16)17-8-4-3-5-9-17/h4*3-15H,1-2H3. The Morgan fingerprint density at radius 2 is 0.534 bits per heavy atom. The zero-order valence-corrected chi connectivity index (χ0v) is 51.8. The molecule has 0 unspecified atom stereocenters. The zero-order valence-electron chi connectivity index (χ0n) is 51.8. The Morgan fingerprint density at radius 3 is 1.05 bits per heavy atom. The van der Waals surface area contributed by atoms with Gasteiger partial charge < -0.3 is 18.3 Å². The summed E-state index contributed by atoms with van der Waals surface area (Å²) in [5.74, 6) is 2.09. The first-order valence-electron chi connectivity index (χ1n) is 31.4. The van der Waals surface area contributed by atoms with E-state index < -0.39 is 0 Å². The van der Waals surface area contributed by atoms with E-state index in [0.717, 1.165) is 0 Å². The molecular formula is C84H76N4. The van der Waals surface area contributed by atoms with Crippen molar-refractivity contribution in [3.63, 3.8) is 0 Å². The maximum atomic E-state index is 2.40. The number of rotatable bonds is 8. The van der Waals surface area contributed by atoms with Gasteiger partial charge in [-0.3, -0.25) is 0 Å². The molecule has 0 amide bonds. The molecule has 88 heavy (non-hydrogen) atoms. The van der Waals surface area contributed by atoms with Crippen LogP contribution in [0.1, 0.15) is 101 Å². The molecule has 0 aliphatic heterocycles. The van der Waals surface area contributed by atoms with Crippen molar-refractivity contribution in [1.82, 2.24) is 18.3 Å². The minimum Gasteiger partial charge on any atom is -0.309 e. The number of hydrogen-bond donors (Lipinski definition) is 0. The number of nitrogens with zero attached hydrogens (tertiary/aromatic N) is 4. The molecule has 0 spiro atoms. The summed E-state index contributed by atoms with van der Waals surface area (Å²) in [6.45, 7) is 18.1. The van der Waals surface area contributed by atoms with Crippen molar-refractivity contribution in [2.24, 2.45) is 0 Å². The lowest BCUT2D eigenvalue weighted by atomic mass is 9.97. The Hall–Kier alpha value is -10.2. The van der Waals surface area contributed by atoms with Crippen molar-refractivity contribution in [1.29, 1.82) is 0 Å². The molecule has 0 saturated carbocycles. The fourth-order valence-corrected chi connectivity index (χ4v) is 13.1. The van der Waals surface area contributed by atoms with Crippen LogP contribution >= 0.6 is 0 Å². The monoisotopic (exact) mass is 1140 g/mol. The van der Waals surface area contributed by atoms with Crippen LogP contribution in [-0.2, 0) is 0 Å². The second kappa shape index (κ2) is 24.7.